The Hall–Kier alpha value is -2.18. The van der Waals surface area contributed by atoms with Gasteiger partial charge in [0.1, 0.15) is 0 Å². The Labute approximate surface area is 163 Å². The lowest BCUT2D eigenvalue weighted by Crippen LogP contribution is -2.40. The van der Waals surface area contributed by atoms with E-state index in [9.17, 15) is 9.59 Å². The highest BCUT2D eigenvalue weighted by Gasteiger charge is 2.28. The number of hydrogen-bond acceptors (Lipinski definition) is 4. The van der Waals surface area contributed by atoms with Crippen molar-refractivity contribution in [2.75, 3.05) is 18.4 Å². The number of fused-ring (bicyclic) bond motifs is 1. The molecule has 1 aromatic carbocycles. The minimum absolute atomic E-state index is 0.0353. The van der Waals surface area contributed by atoms with Crippen LogP contribution in [-0.2, 0) is 11.2 Å². The van der Waals surface area contributed by atoms with Gasteiger partial charge in [-0.1, -0.05) is 13.0 Å². The van der Waals surface area contributed by atoms with Crippen LogP contribution in [0.1, 0.15) is 53.0 Å². The van der Waals surface area contributed by atoms with Gasteiger partial charge in [-0.15, -0.1) is 11.3 Å². The highest BCUT2D eigenvalue weighted by Crippen LogP contribution is 2.34. The second-order valence-corrected chi connectivity index (χ2v) is 8.32. The molecule has 1 aliphatic heterocycles. The first-order chi connectivity index (χ1) is 13.1. The Morgan fingerprint density at radius 3 is 2.89 bits per heavy atom. The molecule has 2 aliphatic rings. The van der Waals surface area contributed by atoms with Gasteiger partial charge < -0.3 is 10.6 Å². The second kappa shape index (κ2) is 7.82. The molecule has 1 aromatic heterocycles. The van der Waals surface area contributed by atoms with Gasteiger partial charge in [0, 0.05) is 34.8 Å². The number of anilines is 1. The van der Waals surface area contributed by atoms with Crippen molar-refractivity contribution in [3.8, 4) is 0 Å². The van der Waals surface area contributed by atoms with Crippen molar-refractivity contribution in [2.24, 2.45) is 0 Å². The lowest BCUT2D eigenvalue weighted by Gasteiger charge is -2.34. The number of carbonyl (C=O) groups is 2. The average Bonchev–Trinajstić information content (AvgIpc) is 3.34. The van der Waals surface area contributed by atoms with Crippen molar-refractivity contribution < 1.29 is 9.59 Å². The lowest BCUT2D eigenvalue weighted by atomic mass is 9.98. The van der Waals surface area contributed by atoms with Gasteiger partial charge in [-0.05, 0) is 60.9 Å². The molecule has 4 rings (SSSR count). The van der Waals surface area contributed by atoms with Crippen LogP contribution in [0.3, 0.4) is 0 Å². The zero-order valence-corrected chi connectivity index (χ0v) is 16.3. The highest BCUT2D eigenvalue weighted by molar-refractivity contribution is 7.10. The van der Waals surface area contributed by atoms with Crippen LogP contribution < -0.4 is 10.6 Å². The van der Waals surface area contributed by atoms with Gasteiger partial charge in [-0.25, -0.2) is 0 Å². The van der Waals surface area contributed by atoms with E-state index in [1.54, 1.807) is 12.1 Å². The third-order valence-corrected chi connectivity index (χ3v) is 6.26. The Bertz CT molecular complexity index is 843. The summed E-state index contributed by atoms with van der Waals surface area (Å²) in [5.41, 5.74) is 2.64. The van der Waals surface area contributed by atoms with Crippen LogP contribution in [0.5, 0.6) is 0 Å². The predicted molar refractivity (Wildman–Crippen MR) is 108 cm³/mol. The topological polar surface area (TPSA) is 61.4 Å². The molecule has 6 heteroatoms. The van der Waals surface area contributed by atoms with E-state index >= 15 is 0 Å². The van der Waals surface area contributed by atoms with Gasteiger partial charge in [-0.3, -0.25) is 14.5 Å². The first-order valence-electron chi connectivity index (χ1n) is 9.65. The summed E-state index contributed by atoms with van der Waals surface area (Å²) in [5.74, 6) is -0.104. The van der Waals surface area contributed by atoms with Crippen LogP contribution >= 0.6 is 11.3 Å². The fraction of sp³-hybridized carbons (Fsp3) is 0.429. The van der Waals surface area contributed by atoms with Crippen molar-refractivity contribution in [3.05, 3.63) is 51.7 Å². The molecular weight excluding hydrogens is 358 g/mol. The van der Waals surface area contributed by atoms with E-state index in [0.29, 0.717) is 29.9 Å². The largest absolute Gasteiger partial charge is 0.349 e. The predicted octanol–water partition coefficient (Wildman–Crippen LogP) is 3.59. The molecule has 5 nitrogen and oxygen atoms in total. The molecule has 0 bridgehead atoms. The fourth-order valence-electron chi connectivity index (χ4n) is 3.74. The van der Waals surface area contributed by atoms with Gasteiger partial charge in [-0.2, -0.15) is 0 Å². The second-order valence-electron chi connectivity index (χ2n) is 7.32. The quantitative estimate of drug-likeness (QED) is 0.801. The first kappa shape index (κ1) is 18.2. The van der Waals surface area contributed by atoms with Gasteiger partial charge in [0.25, 0.3) is 5.91 Å². The number of nitrogens with zero attached hydrogens (tertiary/aromatic N) is 1. The van der Waals surface area contributed by atoms with Gasteiger partial charge >= 0.3 is 0 Å². The SMILES string of the molecule is CCC1c2ccsc2CCN1CC(=O)Nc1cccc(C(=O)NC2CC2)c1. The standard InChI is InChI=1S/C21H25N3O2S/c1-2-18-17-9-11-27-19(17)8-10-24(18)13-20(25)22-16-5-3-4-14(12-16)21(26)23-15-6-7-15/h3-5,9,11-12,15,18H,2,6-8,10,13H2,1H3,(H,22,25)(H,23,26). The Morgan fingerprint density at radius 1 is 1.26 bits per heavy atom. The molecular formula is C21H25N3O2S. The maximum absolute atomic E-state index is 12.6. The zero-order chi connectivity index (χ0) is 18.8. The summed E-state index contributed by atoms with van der Waals surface area (Å²) < 4.78 is 0. The molecule has 1 atom stereocenters. The number of thiophene rings is 1. The van der Waals surface area contributed by atoms with Gasteiger partial charge in [0.15, 0.2) is 0 Å². The Kier molecular flexibility index (Phi) is 5.27. The molecule has 0 radical (unpaired) electrons. The van der Waals surface area contributed by atoms with Crippen molar-refractivity contribution in [2.45, 2.75) is 44.7 Å². The normalized spacial score (nSPS) is 19.4. The highest BCUT2D eigenvalue weighted by atomic mass is 32.1. The van der Waals surface area contributed by atoms with Gasteiger partial charge in [0.2, 0.25) is 5.91 Å². The minimum atomic E-state index is -0.0688. The van der Waals surface area contributed by atoms with Crippen LogP contribution in [0.4, 0.5) is 5.69 Å². The molecule has 1 saturated carbocycles. The van der Waals surface area contributed by atoms with E-state index in [1.807, 2.05) is 23.5 Å². The Morgan fingerprint density at radius 2 is 2.11 bits per heavy atom. The molecule has 2 amide bonds. The summed E-state index contributed by atoms with van der Waals surface area (Å²) in [6, 6.07) is 9.99. The number of hydrogen-bond donors (Lipinski definition) is 2. The Balaban J connectivity index is 1.38. The molecule has 27 heavy (non-hydrogen) atoms. The van der Waals surface area contributed by atoms with Crippen LogP contribution in [0.15, 0.2) is 35.7 Å². The average molecular weight is 384 g/mol. The number of nitrogens with one attached hydrogen (secondary N) is 2. The fourth-order valence-corrected chi connectivity index (χ4v) is 4.66. The number of rotatable bonds is 6. The lowest BCUT2D eigenvalue weighted by molar-refractivity contribution is -0.118. The molecule has 2 N–H and O–H groups in total. The molecule has 0 saturated heterocycles. The van der Waals surface area contributed by atoms with Crippen LogP contribution in [0, 0.1) is 0 Å². The van der Waals surface area contributed by atoms with E-state index in [4.69, 9.17) is 0 Å². The maximum Gasteiger partial charge on any atom is 0.251 e. The molecule has 142 valence electrons. The summed E-state index contributed by atoms with van der Waals surface area (Å²) in [4.78, 5) is 28.5. The third-order valence-electron chi connectivity index (χ3n) is 5.26. The molecule has 1 fully saturated rings. The monoisotopic (exact) mass is 383 g/mol. The minimum Gasteiger partial charge on any atom is -0.349 e. The summed E-state index contributed by atoms with van der Waals surface area (Å²) >= 11 is 1.82. The molecule has 1 unspecified atom stereocenters. The van der Waals surface area contributed by atoms with Crippen LogP contribution in [0.25, 0.3) is 0 Å². The first-order valence-corrected chi connectivity index (χ1v) is 10.5. The summed E-state index contributed by atoms with van der Waals surface area (Å²) in [7, 11) is 0. The van der Waals surface area contributed by atoms with Crippen molar-refractivity contribution in [1.82, 2.24) is 10.2 Å². The van der Waals surface area contributed by atoms with Crippen LogP contribution in [-0.4, -0.2) is 35.8 Å². The summed E-state index contributed by atoms with van der Waals surface area (Å²) in [5, 5.41) is 8.08. The molecule has 1 aliphatic carbocycles. The smallest absolute Gasteiger partial charge is 0.251 e. The maximum atomic E-state index is 12.6. The van der Waals surface area contributed by atoms with E-state index in [0.717, 1.165) is 32.2 Å². The molecule has 0 spiro atoms. The van der Waals surface area contributed by atoms with Gasteiger partial charge in [0.05, 0.1) is 6.54 Å². The van der Waals surface area contributed by atoms with Crippen molar-refractivity contribution in [1.29, 1.82) is 0 Å². The number of carbonyl (C=O) groups excluding carboxylic acids is 2. The van der Waals surface area contributed by atoms with Crippen molar-refractivity contribution in [3.63, 3.8) is 0 Å². The van der Waals surface area contributed by atoms with Crippen molar-refractivity contribution >= 4 is 28.8 Å². The zero-order valence-electron chi connectivity index (χ0n) is 15.5. The molecule has 2 heterocycles. The van der Waals surface area contributed by atoms with E-state index < -0.39 is 0 Å². The van der Waals surface area contributed by atoms with E-state index in [-0.39, 0.29) is 11.8 Å². The van der Waals surface area contributed by atoms with E-state index in [1.165, 1.54) is 10.4 Å². The summed E-state index contributed by atoms with van der Waals surface area (Å²) in [6.07, 6.45) is 4.12. The summed E-state index contributed by atoms with van der Waals surface area (Å²) in [6.45, 7) is 3.44. The number of amides is 2. The number of benzene rings is 1. The van der Waals surface area contributed by atoms with Crippen LogP contribution in [0.2, 0.25) is 0 Å². The molecule has 2 aromatic rings. The van der Waals surface area contributed by atoms with E-state index in [2.05, 4.69) is 33.9 Å². The third kappa shape index (κ3) is 4.22.